The molecule has 10 heteroatoms. The van der Waals surface area contributed by atoms with Crippen molar-refractivity contribution >= 4 is 33.4 Å². The molecule has 0 unspecified atom stereocenters. The lowest BCUT2D eigenvalue weighted by Crippen LogP contribution is -2.41. The summed E-state index contributed by atoms with van der Waals surface area (Å²) in [5, 5.41) is 12.7. The summed E-state index contributed by atoms with van der Waals surface area (Å²) < 4.78 is 26.1. The van der Waals surface area contributed by atoms with E-state index in [9.17, 15) is 18.0 Å². The molecule has 0 aliphatic carbocycles. The van der Waals surface area contributed by atoms with Crippen LogP contribution in [-0.2, 0) is 14.8 Å². The fourth-order valence-corrected chi connectivity index (χ4v) is 3.41. The fraction of sp³-hybridized carbons (Fsp3) is 0.455. The Morgan fingerprint density at radius 1 is 1.38 bits per heavy atom. The molecule has 1 aromatic heterocycles. The average molecular weight is 335 g/mol. The van der Waals surface area contributed by atoms with E-state index in [1.54, 1.807) is 11.4 Å². The number of carbonyl (C=O) groups is 2. The van der Waals surface area contributed by atoms with Crippen LogP contribution in [0.1, 0.15) is 6.42 Å². The van der Waals surface area contributed by atoms with E-state index >= 15 is 0 Å². The van der Waals surface area contributed by atoms with Gasteiger partial charge in [-0.2, -0.15) is 0 Å². The summed E-state index contributed by atoms with van der Waals surface area (Å²) >= 11 is 1.11. The minimum Gasteiger partial charge on any atom is -0.481 e. The summed E-state index contributed by atoms with van der Waals surface area (Å²) in [4.78, 5) is 23.2. The van der Waals surface area contributed by atoms with Crippen LogP contribution < -0.4 is 10.0 Å². The Morgan fingerprint density at radius 3 is 2.67 bits per heavy atom. The molecule has 1 rings (SSSR count). The van der Waals surface area contributed by atoms with Crippen LogP contribution in [0.4, 0.5) is 4.79 Å². The summed E-state index contributed by atoms with van der Waals surface area (Å²) in [6.07, 6.45) is -0.144. The SMILES string of the molecule is CN(CCC(=O)O)C(=O)NCCNS(=O)(=O)c1cccs1. The second kappa shape index (κ2) is 7.96. The molecule has 0 aromatic carbocycles. The molecule has 21 heavy (non-hydrogen) atoms. The van der Waals surface area contributed by atoms with Crippen LogP contribution in [0, 0.1) is 0 Å². The molecule has 118 valence electrons. The fourth-order valence-electron chi connectivity index (χ4n) is 1.34. The second-order valence-corrected chi connectivity index (χ2v) is 7.07. The minimum absolute atomic E-state index is 0.0543. The van der Waals surface area contributed by atoms with Crippen molar-refractivity contribution in [2.45, 2.75) is 10.6 Å². The van der Waals surface area contributed by atoms with E-state index in [2.05, 4.69) is 10.0 Å². The standard InChI is InChI=1S/C11H17N3O5S2/c1-14(7-4-9(15)16)11(17)12-5-6-13-21(18,19)10-3-2-8-20-10/h2-3,8,13H,4-7H2,1H3,(H,12,17)(H,15,16). The van der Waals surface area contributed by atoms with E-state index in [1.165, 1.54) is 18.0 Å². The van der Waals surface area contributed by atoms with E-state index < -0.39 is 22.0 Å². The van der Waals surface area contributed by atoms with Gasteiger partial charge in [-0.25, -0.2) is 17.9 Å². The van der Waals surface area contributed by atoms with Gasteiger partial charge in [-0.3, -0.25) is 4.79 Å². The Morgan fingerprint density at radius 2 is 2.10 bits per heavy atom. The van der Waals surface area contributed by atoms with Gasteiger partial charge in [0.2, 0.25) is 10.0 Å². The smallest absolute Gasteiger partial charge is 0.317 e. The van der Waals surface area contributed by atoms with Crippen LogP contribution in [0.5, 0.6) is 0 Å². The number of nitrogens with zero attached hydrogens (tertiary/aromatic N) is 1. The van der Waals surface area contributed by atoms with Gasteiger partial charge in [0.05, 0.1) is 6.42 Å². The monoisotopic (exact) mass is 335 g/mol. The summed E-state index contributed by atoms with van der Waals surface area (Å²) in [6.45, 7) is 0.252. The highest BCUT2D eigenvalue weighted by molar-refractivity contribution is 7.91. The van der Waals surface area contributed by atoms with Gasteiger partial charge in [0.25, 0.3) is 0 Å². The number of amides is 2. The summed E-state index contributed by atoms with van der Waals surface area (Å²) in [6, 6.07) is 2.68. The van der Waals surface area contributed by atoms with Crippen molar-refractivity contribution in [2.75, 3.05) is 26.7 Å². The van der Waals surface area contributed by atoms with Crippen LogP contribution in [0.2, 0.25) is 0 Å². The second-order valence-electron chi connectivity index (χ2n) is 4.13. The molecule has 0 atom stereocenters. The lowest BCUT2D eigenvalue weighted by molar-refractivity contribution is -0.137. The van der Waals surface area contributed by atoms with Gasteiger partial charge >= 0.3 is 12.0 Å². The molecule has 0 spiro atoms. The number of sulfonamides is 1. The first-order chi connectivity index (χ1) is 9.83. The van der Waals surface area contributed by atoms with E-state index in [-0.39, 0.29) is 30.3 Å². The minimum atomic E-state index is -3.53. The molecule has 0 saturated heterocycles. The molecule has 0 radical (unpaired) electrons. The first kappa shape index (κ1) is 17.4. The zero-order chi connectivity index (χ0) is 15.9. The van der Waals surface area contributed by atoms with Crippen LogP contribution in [0.25, 0.3) is 0 Å². The molecule has 1 aromatic rings. The predicted octanol–water partition coefficient (Wildman–Crippen LogP) is 0.143. The molecular weight excluding hydrogens is 318 g/mol. The topological polar surface area (TPSA) is 116 Å². The summed E-state index contributed by atoms with van der Waals surface area (Å²) in [5.74, 6) is -0.988. The normalized spacial score (nSPS) is 11.1. The first-order valence-corrected chi connectivity index (χ1v) is 8.43. The van der Waals surface area contributed by atoms with Crippen molar-refractivity contribution < 1.29 is 23.1 Å². The highest BCUT2D eigenvalue weighted by Gasteiger charge is 2.14. The Labute approximate surface area is 126 Å². The van der Waals surface area contributed by atoms with Crippen LogP contribution >= 0.6 is 11.3 Å². The molecule has 0 fully saturated rings. The molecule has 0 aliphatic rings. The van der Waals surface area contributed by atoms with Gasteiger partial charge < -0.3 is 15.3 Å². The molecule has 0 aliphatic heterocycles. The highest BCUT2D eigenvalue weighted by Crippen LogP contribution is 2.14. The van der Waals surface area contributed by atoms with Gasteiger partial charge in [-0.1, -0.05) is 6.07 Å². The maximum atomic E-state index is 11.8. The van der Waals surface area contributed by atoms with Crippen molar-refractivity contribution in [1.82, 2.24) is 14.9 Å². The quantitative estimate of drug-likeness (QED) is 0.585. The van der Waals surface area contributed by atoms with Crippen molar-refractivity contribution in [3.63, 3.8) is 0 Å². The van der Waals surface area contributed by atoms with Gasteiger partial charge in [-0.05, 0) is 11.4 Å². The molecule has 1 heterocycles. The van der Waals surface area contributed by atoms with Crippen molar-refractivity contribution in [3.05, 3.63) is 17.5 Å². The maximum absolute atomic E-state index is 11.8. The number of aliphatic carboxylic acids is 1. The number of rotatable bonds is 8. The number of nitrogens with one attached hydrogen (secondary N) is 2. The molecule has 2 amide bonds. The molecule has 8 nitrogen and oxygen atoms in total. The molecule has 0 bridgehead atoms. The van der Waals surface area contributed by atoms with Crippen molar-refractivity contribution in [3.8, 4) is 0 Å². The van der Waals surface area contributed by atoms with Gasteiger partial charge in [0.15, 0.2) is 0 Å². The maximum Gasteiger partial charge on any atom is 0.317 e. The Hall–Kier alpha value is -1.65. The lowest BCUT2D eigenvalue weighted by Gasteiger charge is -2.16. The zero-order valence-corrected chi connectivity index (χ0v) is 13.0. The van der Waals surface area contributed by atoms with E-state index in [1.807, 2.05) is 0 Å². The number of carboxylic acids is 1. The Balaban J connectivity index is 2.28. The van der Waals surface area contributed by atoms with Gasteiger partial charge in [0, 0.05) is 26.7 Å². The Bertz CT molecular complexity index is 571. The molecular formula is C11H17N3O5S2. The largest absolute Gasteiger partial charge is 0.481 e. The summed E-state index contributed by atoms with van der Waals surface area (Å²) in [5.41, 5.74) is 0. The van der Waals surface area contributed by atoms with Gasteiger partial charge in [-0.15, -0.1) is 11.3 Å². The number of thiophene rings is 1. The van der Waals surface area contributed by atoms with E-state index in [4.69, 9.17) is 5.11 Å². The zero-order valence-electron chi connectivity index (χ0n) is 11.4. The Kier molecular flexibility index (Phi) is 6.59. The lowest BCUT2D eigenvalue weighted by atomic mass is 10.4. The highest BCUT2D eigenvalue weighted by atomic mass is 32.2. The van der Waals surface area contributed by atoms with Crippen molar-refractivity contribution in [2.24, 2.45) is 0 Å². The van der Waals surface area contributed by atoms with E-state index in [0.717, 1.165) is 11.3 Å². The van der Waals surface area contributed by atoms with Crippen LogP contribution in [0.3, 0.4) is 0 Å². The predicted molar refractivity (Wildman–Crippen MR) is 77.8 cm³/mol. The number of carboxylic acid groups (broad SMARTS) is 1. The number of hydrogen-bond donors (Lipinski definition) is 3. The molecule has 0 saturated carbocycles. The van der Waals surface area contributed by atoms with Crippen LogP contribution in [-0.4, -0.2) is 57.1 Å². The third kappa shape index (κ3) is 6.10. The molecule has 3 N–H and O–H groups in total. The third-order valence-electron chi connectivity index (χ3n) is 2.46. The summed E-state index contributed by atoms with van der Waals surface area (Å²) in [7, 11) is -2.06. The number of hydrogen-bond acceptors (Lipinski definition) is 5. The number of urea groups is 1. The first-order valence-electron chi connectivity index (χ1n) is 6.07. The van der Waals surface area contributed by atoms with Gasteiger partial charge in [0.1, 0.15) is 4.21 Å². The third-order valence-corrected chi connectivity index (χ3v) is 5.32. The van der Waals surface area contributed by atoms with Crippen LogP contribution in [0.15, 0.2) is 21.7 Å². The number of carbonyl (C=O) groups excluding carboxylic acids is 1. The average Bonchev–Trinajstić information content (AvgIpc) is 2.95. The van der Waals surface area contributed by atoms with E-state index in [0.29, 0.717) is 0 Å². The van der Waals surface area contributed by atoms with Crippen molar-refractivity contribution in [1.29, 1.82) is 0 Å².